The lowest BCUT2D eigenvalue weighted by Gasteiger charge is -2.39. The Morgan fingerprint density at radius 2 is 1.89 bits per heavy atom. The van der Waals surface area contributed by atoms with Crippen LogP contribution in [0.4, 0.5) is 4.79 Å². The molecule has 234 valence electrons. The van der Waals surface area contributed by atoms with Gasteiger partial charge in [-0.3, -0.25) is 14.1 Å². The quantitative estimate of drug-likeness (QED) is 0.260. The van der Waals surface area contributed by atoms with E-state index in [9.17, 15) is 4.79 Å². The fraction of sp³-hybridized carbons (Fsp3) is 0.371. The van der Waals surface area contributed by atoms with E-state index < -0.39 is 5.60 Å². The number of pyridine rings is 1. The third-order valence-electron chi connectivity index (χ3n) is 8.09. The highest BCUT2D eigenvalue weighted by Gasteiger charge is 2.34. The van der Waals surface area contributed by atoms with Gasteiger partial charge in [-0.25, -0.2) is 9.78 Å². The number of nitrogens with one attached hydrogen (secondary N) is 1. The topological polar surface area (TPSA) is 98.3 Å². The molecule has 1 aromatic carbocycles. The molecule has 1 unspecified atom stereocenters. The second kappa shape index (κ2) is 12.6. The highest BCUT2D eigenvalue weighted by molar-refractivity contribution is 6.08. The van der Waals surface area contributed by atoms with Crippen molar-refractivity contribution in [2.45, 2.75) is 52.8 Å². The van der Waals surface area contributed by atoms with Gasteiger partial charge in [0.2, 0.25) is 0 Å². The molecule has 0 radical (unpaired) electrons. The first-order valence-corrected chi connectivity index (χ1v) is 15.4. The monoisotopic (exact) mass is 607 g/mol. The molecule has 45 heavy (non-hydrogen) atoms. The second-order valence-corrected chi connectivity index (χ2v) is 12.8. The number of ether oxygens (including phenoxy) is 2. The first-order valence-electron chi connectivity index (χ1n) is 15.4. The molecule has 1 N–H and O–H groups in total. The van der Waals surface area contributed by atoms with Gasteiger partial charge in [0.25, 0.3) is 0 Å². The minimum Gasteiger partial charge on any atom is -0.497 e. The summed E-state index contributed by atoms with van der Waals surface area (Å²) in [5, 5.41) is 8.26. The first kappa shape index (κ1) is 30.2. The van der Waals surface area contributed by atoms with E-state index in [1.807, 2.05) is 66.8 Å². The van der Waals surface area contributed by atoms with Crippen LogP contribution in [0.25, 0.3) is 16.8 Å². The largest absolute Gasteiger partial charge is 0.497 e. The second-order valence-electron chi connectivity index (χ2n) is 12.8. The van der Waals surface area contributed by atoms with Crippen LogP contribution in [0.15, 0.2) is 90.2 Å². The molecular formula is C35H41N7O3. The molecule has 0 bridgehead atoms. The van der Waals surface area contributed by atoms with Gasteiger partial charge in [0.15, 0.2) is 0 Å². The summed E-state index contributed by atoms with van der Waals surface area (Å²) in [7, 11) is 1.66. The van der Waals surface area contributed by atoms with Crippen LogP contribution in [0.1, 0.15) is 45.4 Å². The first-order chi connectivity index (χ1) is 21.6. The maximum Gasteiger partial charge on any atom is 0.410 e. The minimum atomic E-state index is -0.475. The van der Waals surface area contributed by atoms with Gasteiger partial charge in [0, 0.05) is 68.0 Å². The SMILES string of the molecule is COc1ccn2c(C3=N/C=C/CC(C)/C(NCc4ccc(-c5cnn(CC6CN(C(=O)OC(C)(C)C)C6)c5)cc4)=C\3)cnc2c1. The molecule has 0 saturated carbocycles. The number of aromatic nitrogens is 4. The standard InChI is InChI=1S/C35H41N7O3/c1-24-7-6-13-36-31(32-19-38-33-15-29(44-5)12-14-42(32)33)16-30(24)37-17-25-8-10-27(11-9-25)28-18-39-41(23-28)22-26-20-40(21-26)34(43)45-35(2,3)4/h6,8-16,18-19,23-24,26,37H,7,17,20-22H2,1-5H3/b13-6+,30-16+,36-31+. The van der Waals surface area contributed by atoms with E-state index in [0.29, 0.717) is 31.5 Å². The summed E-state index contributed by atoms with van der Waals surface area (Å²) in [5.74, 6) is 1.45. The number of imidazole rings is 1. The van der Waals surface area contributed by atoms with Gasteiger partial charge in [-0.1, -0.05) is 37.3 Å². The van der Waals surface area contributed by atoms with Crippen molar-refractivity contribution in [2.24, 2.45) is 16.8 Å². The summed E-state index contributed by atoms with van der Waals surface area (Å²) in [6.07, 6.45) is 14.6. The van der Waals surface area contributed by atoms with Gasteiger partial charge < -0.3 is 19.7 Å². The Kier molecular flexibility index (Phi) is 8.47. The molecule has 6 rings (SSSR count). The third-order valence-corrected chi connectivity index (χ3v) is 8.09. The van der Waals surface area contributed by atoms with E-state index >= 15 is 0 Å². The highest BCUT2D eigenvalue weighted by Crippen LogP contribution is 2.24. The van der Waals surface area contributed by atoms with Crippen LogP contribution >= 0.6 is 0 Å². The molecule has 10 nitrogen and oxygen atoms in total. The van der Waals surface area contributed by atoms with Gasteiger partial charge >= 0.3 is 6.09 Å². The molecule has 1 amide bonds. The molecule has 2 aliphatic rings. The van der Waals surface area contributed by atoms with E-state index in [1.165, 1.54) is 5.56 Å². The van der Waals surface area contributed by atoms with E-state index in [1.54, 1.807) is 12.0 Å². The van der Waals surface area contributed by atoms with Crippen LogP contribution in [-0.2, 0) is 17.8 Å². The summed E-state index contributed by atoms with van der Waals surface area (Å²) >= 11 is 0. The number of rotatable bonds is 8. The zero-order valence-electron chi connectivity index (χ0n) is 26.6. The van der Waals surface area contributed by atoms with Crippen LogP contribution in [0.5, 0.6) is 5.75 Å². The number of amides is 1. The number of hydrogen-bond acceptors (Lipinski definition) is 7. The number of methoxy groups -OCH3 is 1. The van der Waals surface area contributed by atoms with E-state index in [2.05, 4.69) is 64.9 Å². The van der Waals surface area contributed by atoms with E-state index in [4.69, 9.17) is 14.5 Å². The smallest absolute Gasteiger partial charge is 0.410 e. The van der Waals surface area contributed by atoms with Crippen LogP contribution in [0.3, 0.4) is 0 Å². The lowest BCUT2D eigenvalue weighted by molar-refractivity contribution is -0.00383. The number of hydrogen-bond donors (Lipinski definition) is 1. The minimum absolute atomic E-state index is 0.242. The molecule has 3 aromatic heterocycles. The number of aliphatic imine (C=N–C) groups is 1. The Morgan fingerprint density at radius 1 is 1.09 bits per heavy atom. The number of likely N-dealkylation sites (tertiary alicyclic amines) is 1. The van der Waals surface area contributed by atoms with Gasteiger partial charge in [0.1, 0.15) is 17.0 Å². The number of benzene rings is 1. The molecule has 10 heteroatoms. The van der Waals surface area contributed by atoms with Crippen molar-refractivity contribution in [2.75, 3.05) is 20.2 Å². The molecule has 4 aromatic rings. The molecule has 1 fully saturated rings. The zero-order valence-corrected chi connectivity index (χ0v) is 26.6. The van der Waals surface area contributed by atoms with Crippen LogP contribution in [0, 0.1) is 11.8 Å². The van der Waals surface area contributed by atoms with Crippen LogP contribution in [-0.4, -0.2) is 61.7 Å². The summed E-state index contributed by atoms with van der Waals surface area (Å²) in [6, 6.07) is 12.4. The summed E-state index contributed by atoms with van der Waals surface area (Å²) < 4.78 is 14.8. The predicted molar refractivity (Wildman–Crippen MR) is 175 cm³/mol. The molecular weight excluding hydrogens is 566 g/mol. The Labute approximate surface area is 264 Å². The Hall–Kier alpha value is -4.86. The molecule has 2 aliphatic heterocycles. The maximum absolute atomic E-state index is 12.2. The third kappa shape index (κ3) is 7.11. The normalized spacial score (nSPS) is 20.3. The lowest BCUT2D eigenvalue weighted by atomic mass is 10.00. The Morgan fingerprint density at radius 3 is 2.64 bits per heavy atom. The maximum atomic E-state index is 12.2. The number of fused-ring (bicyclic) bond motifs is 1. The van der Waals surface area contributed by atoms with Crippen LogP contribution < -0.4 is 10.1 Å². The lowest BCUT2D eigenvalue weighted by Crippen LogP contribution is -2.52. The number of carbonyl (C=O) groups is 1. The molecule has 1 saturated heterocycles. The fourth-order valence-electron chi connectivity index (χ4n) is 5.55. The zero-order chi connectivity index (χ0) is 31.6. The average molecular weight is 608 g/mol. The van der Waals surface area contributed by atoms with Gasteiger partial charge in [-0.15, -0.1) is 0 Å². The van der Waals surface area contributed by atoms with Crippen molar-refractivity contribution >= 4 is 17.5 Å². The molecule has 5 heterocycles. The molecule has 1 atom stereocenters. The van der Waals surface area contributed by atoms with E-state index in [-0.39, 0.29) is 6.09 Å². The average Bonchev–Trinajstić information content (AvgIpc) is 3.63. The van der Waals surface area contributed by atoms with Crippen LogP contribution in [0.2, 0.25) is 0 Å². The van der Waals surface area contributed by atoms with Crippen molar-refractivity contribution < 1.29 is 14.3 Å². The summed E-state index contributed by atoms with van der Waals surface area (Å²) in [6.45, 7) is 10.8. The van der Waals surface area contributed by atoms with Gasteiger partial charge in [0.05, 0.1) is 30.9 Å². The Balaban J connectivity index is 1.07. The number of allylic oxidation sites excluding steroid dienone is 3. The molecule has 0 spiro atoms. The van der Waals surface area contributed by atoms with Crippen molar-refractivity contribution in [1.29, 1.82) is 0 Å². The fourth-order valence-corrected chi connectivity index (χ4v) is 5.55. The van der Waals surface area contributed by atoms with Gasteiger partial charge in [-0.05, 0) is 56.4 Å². The van der Waals surface area contributed by atoms with Gasteiger partial charge in [-0.2, -0.15) is 5.10 Å². The van der Waals surface area contributed by atoms with Crippen molar-refractivity contribution in [1.82, 2.24) is 29.4 Å². The number of nitrogens with zero attached hydrogens (tertiary/aromatic N) is 6. The number of carbonyl (C=O) groups excluding carboxylic acids is 1. The van der Waals surface area contributed by atoms with Crippen molar-refractivity contribution in [3.63, 3.8) is 0 Å². The Bertz CT molecular complexity index is 1750. The summed E-state index contributed by atoms with van der Waals surface area (Å²) in [5.41, 5.74) is 6.63. The molecule has 0 aliphatic carbocycles. The van der Waals surface area contributed by atoms with Crippen molar-refractivity contribution in [3.05, 3.63) is 96.5 Å². The summed E-state index contributed by atoms with van der Waals surface area (Å²) in [4.78, 5) is 23.3. The predicted octanol–water partition coefficient (Wildman–Crippen LogP) is 6.09. The highest BCUT2D eigenvalue weighted by atomic mass is 16.6. The van der Waals surface area contributed by atoms with Crippen molar-refractivity contribution in [3.8, 4) is 16.9 Å². The van der Waals surface area contributed by atoms with E-state index in [0.717, 1.165) is 52.6 Å².